The number of hydrogen-bond acceptors (Lipinski definition) is 2. The predicted molar refractivity (Wildman–Crippen MR) is 65.6 cm³/mol. The molecule has 3 rings (SSSR count). The number of nitrogens with zero attached hydrogens (tertiary/aromatic N) is 2. The fourth-order valence-electron chi connectivity index (χ4n) is 3.15. The molecule has 1 N–H and O–H groups in total. The number of aromatic nitrogens is 2. The third kappa shape index (κ3) is 1.95. The first-order valence-electron chi connectivity index (χ1n) is 6.73. The molecule has 2 aliphatic rings. The van der Waals surface area contributed by atoms with Gasteiger partial charge in [-0.15, -0.1) is 0 Å². The molecule has 88 valence electrons. The van der Waals surface area contributed by atoms with E-state index in [0.717, 1.165) is 5.95 Å². The van der Waals surface area contributed by atoms with Crippen LogP contribution in [0.5, 0.6) is 0 Å². The maximum Gasteiger partial charge on any atom is 0.203 e. The normalized spacial score (nSPS) is 23.0. The molecule has 0 spiro atoms. The minimum Gasteiger partial charge on any atom is -0.353 e. The first-order valence-corrected chi connectivity index (χ1v) is 6.73. The lowest BCUT2D eigenvalue weighted by Gasteiger charge is -2.18. The van der Waals surface area contributed by atoms with Crippen LogP contribution in [0.3, 0.4) is 0 Å². The molecule has 0 aliphatic heterocycles. The average Bonchev–Trinajstić information content (AvgIpc) is 2.98. The Morgan fingerprint density at radius 3 is 2.50 bits per heavy atom. The molecule has 3 heteroatoms. The number of nitrogens with one attached hydrogen (secondary N) is 1. The van der Waals surface area contributed by atoms with Gasteiger partial charge in [-0.2, -0.15) is 0 Å². The zero-order valence-corrected chi connectivity index (χ0v) is 9.86. The van der Waals surface area contributed by atoms with Crippen molar-refractivity contribution in [3.8, 4) is 0 Å². The number of imidazole rings is 1. The Hall–Kier alpha value is -0.990. The molecule has 2 aliphatic carbocycles. The fraction of sp³-hybridized carbons (Fsp3) is 0.769. The lowest BCUT2D eigenvalue weighted by atomic mass is 10.2. The zero-order chi connectivity index (χ0) is 10.8. The Morgan fingerprint density at radius 2 is 1.75 bits per heavy atom. The summed E-state index contributed by atoms with van der Waals surface area (Å²) in [6.07, 6.45) is 14.9. The summed E-state index contributed by atoms with van der Waals surface area (Å²) < 4.78 is 2.37. The molecule has 2 saturated carbocycles. The third-order valence-electron chi connectivity index (χ3n) is 4.08. The summed E-state index contributed by atoms with van der Waals surface area (Å²) in [5.41, 5.74) is 0. The van der Waals surface area contributed by atoms with Crippen molar-refractivity contribution in [2.75, 3.05) is 5.32 Å². The lowest BCUT2D eigenvalue weighted by molar-refractivity contribution is 0.519. The minimum absolute atomic E-state index is 0.669. The SMILES string of the molecule is c1cn(C2CCCC2)c(NC2CCCC2)n1. The second-order valence-corrected chi connectivity index (χ2v) is 5.22. The van der Waals surface area contributed by atoms with Gasteiger partial charge in [-0.1, -0.05) is 25.7 Å². The zero-order valence-electron chi connectivity index (χ0n) is 9.86. The smallest absolute Gasteiger partial charge is 0.203 e. The van der Waals surface area contributed by atoms with Gasteiger partial charge in [-0.25, -0.2) is 4.98 Å². The summed E-state index contributed by atoms with van der Waals surface area (Å²) in [5, 5.41) is 3.62. The monoisotopic (exact) mass is 219 g/mol. The van der Waals surface area contributed by atoms with E-state index in [2.05, 4.69) is 21.1 Å². The van der Waals surface area contributed by atoms with Gasteiger partial charge in [0, 0.05) is 24.5 Å². The Labute approximate surface area is 97.3 Å². The molecule has 0 aromatic carbocycles. The van der Waals surface area contributed by atoms with Crippen LogP contribution in [0.25, 0.3) is 0 Å². The Bertz CT molecular complexity index is 333. The molecule has 0 saturated heterocycles. The topological polar surface area (TPSA) is 29.9 Å². The highest BCUT2D eigenvalue weighted by molar-refractivity contribution is 5.29. The van der Waals surface area contributed by atoms with Crippen molar-refractivity contribution in [1.82, 2.24) is 9.55 Å². The second kappa shape index (κ2) is 4.48. The first kappa shape index (κ1) is 10.2. The van der Waals surface area contributed by atoms with E-state index in [-0.39, 0.29) is 0 Å². The van der Waals surface area contributed by atoms with Gasteiger partial charge in [0.1, 0.15) is 0 Å². The van der Waals surface area contributed by atoms with Gasteiger partial charge in [0.15, 0.2) is 0 Å². The van der Waals surface area contributed by atoms with Crippen molar-refractivity contribution in [1.29, 1.82) is 0 Å². The van der Waals surface area contributed by atoms with Crippen molar-refractivity contribution in [3.63, 3.8) is 0 Å². The molecule has 0 unspecified atom stereocenters. The molecule has 0 atom stereocenters. The lowest BCUT2D eigenvalue weighted by Crippen LogP contribution is -2.19. The highest BCUT2D eigenvalue weighted by atomic mass is 15.2. The Balaban J connectivity index is 1.71. The van der Waals surface area contributed by atoms with Gasteiger partial charge in [-0.05, 0) is 25.7 Å². The molecule has 0 amide bonds. The summed E-state index contributed by atoms with van der Waals surface area (Å²) in [5.74, 6) is 1.11. The van der Waals surface area contributed by atoms with E-state index in [1.54, 1.807) is 0 Å². The van der Waals surface area contributed by atoms with Gasteiger partial charge in [0.2, 0.25) is 5.95 Å². The molecule has 0 bridgehead atoms. The van der Waals surface area contributed by atoms with E-state index in [9.17, 15) is 0 Å². The van der Waals surface area contributed by atoms with E-state index in [1.807, 2.05) is 6.20 Å². The Morgan fingerprint density at radius 1 is 1.06 bits per heavy atom. The predicted octanol–water partition coefficient (Wildman–Crippen LogP) is 3.35. The van der Waals surface area contributed by atoms with Gasteiger partial charge in [-0.3, -0.25) is 0 Å². The summed E-state index contributed by atoms with van der Waals surface area (Å²) >= 11 is 0. The highest BCUT2D eigenvalue weighted by Gasteiger charge is 2.21. The fourth-order valence-corrected chi connectivity index (χ4v) is 3.15. The average molecular weight is 219 g/mol. The van der Waals surface area contributed by atoms with Crippen LogP contribution in [0.15, 0.2) is 12.4 Å². The van der Waals surface area contributed by atoms with Gasteiger partial charge >= 0.3 is 0 Å². The van der Waals surface area contributed by atoms with Crippen LogP contribution in [-0.4, -0.2) is 15.6 Å². The second-order valence-electron chi connectivity index (χ2n) is 5.22. The van der Waals surface area contributed by atoms with E-state index >= 15 is 0 Å². The van der Waals surface area contributed by atoms with E-state index < -0.39 is 0 Å². The van der Waals surface area contributed by atoms with Crippen molar-refractivity contribution >= 4 is 5.95 Å². The van der Waals surface area contributed by atoms with Crippen LogP contribution >= 0.6 is 0 Å². The number of anilines is 1. The molecule has 1 heterocycles. The molecule has 0 radical (unpaired) electrons. The van der Waals surface area contributed by atoms with Crippen molar-refractivity contribution < 1.29 is 0 Å². The summed E-state index contributed by atoms with van der Waals surface area (Å²) in [6.45, 7) is 0. The van der Waals surface area contributed by atoms with Crippen LogP contribution in [0, 0.1) is 0 Å². The van der Waals surface area contributed by atoms with Crippen LogP contribution in [0.2, 0.25) is 0 Å². The quantitative estimate of drug-likeness (QED) is 0.845. The maximum atomic E-state index is 4.48. The molecule has 1 aromatic rings. The third-order valence-corrected chi connectivity index (χ3v) is 4.08. The molecule has 16 heavy (non-hydrogen) atoms. The van der Waals surface area contributed by atoms with E-state index in [4.69, 9.17) is 0 Å². The van der Waals surface area contributed by atoms with Crippen molar-refractivity contribution in [3.05, 3.63) is 12.4 Å². The van der Waals surface area contributed by atoms with Crippen molar-refractivity contribution in [2.45, 2.75) is 63.5 Å². The van der Waals surface area contributed by atoms with Crippen LogP contribution < -0.4 is 5.32 Å². The molecule has 1 aromatic heterocycles. The molecular weight excluding hydrogens is 198 g/mol. The van der Waals surface area contributed by atoms with Crippen molar-refractivity contribution in [2.24, 2.45) is 0 Å². The number of rotatable bonds is 3. The maximum absolute atomic E-state index is 4.48. The number of hydrogen-bond donors (Lipinski definition) is 1. The van der Waals surface area contributed by atoms with Crippen LogP contribution in [0.4, 0.5) is 5.95 Å². The van der Waals surface area contributed by atoms with Gasteiger partial charge in [0.25, 0.3) is 0 Å². The largest absolute Gasteiger partial charge is 0.353 e. The van der Waals surface area contributed by atoms with Crippen LogP contribution in [-0.2, 0) is 0 Å². The standard InChI is InChI=1S/C13H21N3/c1-2-6-11(5-1)15-13-14-9-10-16(13)12-7-3-4-8-12/h9-12H,1-8H2,(H,14,15). The molecule has 3 nitrogen and oxygen atoms in total. The molecule has 2 fully saturated rings. The summed E-state index contributed by atoms with van der Waals surface area (Å²) in [4.78, 5) is 4.48. The highest BCUT2D eigenvalue weighted by Crippen LogP contribution is 2.32. The minimum atomic E-state index is 0.669. The van der Waals surface area contributed by atoms with Gasteiger partial charge < -0.3 is 9.88 Å². The molecular formula is C13H21N3. The Kier molecular flexibility index (Phi) is 2.85. The van der Waals surface area contributed by atoms with E-state index in [1.165, 1.54) is 51.4 Å². The van der Waals surface area contributed by atoms with Gasteiger partial charge in [0.05, 0.1) is 0 Å². The summed E-state index contributed by atoms with van der Waals surface area (Å²) in [6, 6.07) is 1.37. The van der Waals surface area contributed by atoms with Crippen LogP contribution in [0.1, 0.15) is 57.4 Å². The van der Waals surface area contributed by atoms with E-state index in [0.29, 0.717) is 12.1 Å². The first-order chi connectivity index (χ1) is 7.93. The summed E-state index contributed by atoms with van der Waals surface area (Å²) in [7, 11) is 0.